The van der Waals surface area contributed by atoms with Crippen molar-refractivity contribution in [1.29, 1.82) is 0 Å². The fourth-order valence-corrected chi connectivity index (χ4v) is 6.43. The van der Waals surface area contributed by atoms with E-state index < -0.39 is 0 Å². The molecule has 3 aromatic heterocycles. The van der Waals surface area contributed by atoms with E-state index in [1.165, 1.54) is 11.3 Å². The van der Waals surface area contributed by atoms with Crippen molar-refractivity contribution in [3.8, 4) is 0 Å². The lowest BCUT2D eigenvalue weighted by atomic mass is 9.96. The molecule has 5 heterocycles. The van der Waals surface area contributed by atoms with Crippen molar-refractivity contribution < 1.29 is 14.3 Å². The number of thiazole rings is 1. The quantitative estimate of drug-likeness (QED) is 0.351. The van der Waals surface area contributed by atoms with Gasteiger partial charge in [-0.25, -0.2) is 9.78 Å². The molecule has 12 heteroatoms. The summed E-state index contributed by atoms with van der Waals surface area (Å²) in [6.45, 7) is 12.3. The first-order chi connectivity index (χ1) is 19.9. The van der Waals surface area contributed by atoms with E-state index in [0.717, 1.165) is 55.1 Å². The van der Waals surface area contributed by atoms with Crippen molar-refractivity contribution in [3.05, 3.63) is 46.2 Å². The highest BCUT2D eigenvalue weighted by atomic mass is 32.1. The number of hydrogen-bond acceptors (Lipinski definition) is 11. The lowest BCUT2D eigenvalue weighted by Gasteiger charge is -2.36. The van der Waals surface area contributed by atoms with E-state index in [0.29, 0.717) is 54.4 Å². The number of anilines is 4. The Kier molecular flexibility index (Phi) is 8.96. The van der Waals surface area contributed by atoms with Crippen LogP contribution in [0.1, 0.15) is 60.1 Å². The van der Waals surface area contributed by atoms with Crippen LogP contribution in [0.25, 0.3) is 0 Å². The van der Waals surface area contributed by atoms with Gasteiger partial charge in [-0.3, -0.25) is 15.1 Å². The molecule has 1 N–H and O–H groups in total. The van der Waals surface area contributed by atoms with Gasteiger partial charge in [0.25, 0.3) is 0 Å². The largest absolute Gasteiger partial charge is 0.462 e. The van der Waals surface area contributed by atoms with Crippen molar-refractivity contribution in [3.63, 3.8) is 0 Å². The van der Waals surface area contributed by atoms with E-state index in [4.69, 9.17) is 14.7 Å². The molecule has 0 saturated carbocycles. The zero-order valence-corrected chi connectivity index (χ0v) is 25.0. The topological polar surface area (TPSA) is 117 Å². The fourth-order valence-electron chi connectivity index (χ4n) is 5.58. The number of aromatic nitrogens is 4. The van der Waals surface area contributed by atoms with E-state index in [-0.39, 0.29) is 17.8 Å². The maximum atomic E-state index is 13.3. The smallest absolute Gasteiger partial charge is 0.350 e. The van der Waals surface area contributed by atoms with Gasteiger partial charge in [-0.15, -0.1) is 0 Å². The van der Waals surface area contributed by atoms with Gasteiger partial charge in [0.2, 0.25) is 11.9 Å². The molecule has 1 saturated heterocycles. The summed E-state index contributed by atoms with van der Waals surface area (Å²) in [6.07, 6.45) is 6.28. The van der Waals surface area contributed by atoms with Gasteiger partial charge < -0.3 is 19.4 Å². The molecule has 0 spiro atoms. The molecule has 2 aliphatic heterocycles. The van der Waals surface area contributed by atoms with Crippen molar-refractivity contribution in [2.75, 3.05) is 54.4 Å². The molecule has 1 atom stereocenters. The van der Waals surface area contributed by atoms with Gasteiger partial charge in [0, 0.05) is 57.2 Å². The predicted octanol–water partition coefficient (Wildman–Crippen LogP) is 4.20. The molecule has 0 radical (unpaired) electrons. The number of pyridine rings is 1. The molecule has 0 aromatic carbocycles. The van der Waals surface area contributed by atoms with Gasteiger partial charge >= 0.3 is 5.97 Å². The normalized spacial score (nSPS) is 16.4. The third kappa shape index (κ3) is 6.27. The van der Waals surface area contributed by atoms with E-state index in [1.807, 2.05) is 31.0 Å². The summed E-state index contributed by atoms with van der Waals surface area (Å²) in [5.74, 6) is 1.92. The van der Waals surface area contributed by atoms with Crippen LogP contribution in [0.5, 0.6) is 0 Å². The standard InChI is InChI=1S/C29H38N8O3S/c1-5-35(6-2)26(38)21-11-9-14-36(18-21)24-22-12-15-37(17-20-10-8-13-30-16-20)25(22)33-28(32-24)34-29-31-19(4)23(41-29)27(39)40-7-3/h8,10,13,16,21H,5-7,9,11-12,14-15,17-18H2,1-4H3,(H,31,32,33,34). The summed E-state index contributed by atoms with van der Waals surface area (Å²) >= 11 is 1.23. The first kappa shape index (κ1) is 28.7. The number of carbonyl (C=O) groups is 2. The first-order valence-corrected chi connectivity index (χ1v) is 15.2. The second-order valence-electron chi connectivity index (χ2n) is 10.3. The molecule has 0 aliphatic carbocycles. The Hall–Kier alpha value is -3.80. The van der Waals surface area contributed by atoms with Gasteiger partial charge in [-0.2, -0.15) is 9.97 Å². The van der Waals surface area contributed by atoms with Gasteiger partial charge in [-0.05, 0) is 58.6 Å². The molecule has 1 fully saturated rings. The number of piperidine rings is 1. The Balaban J connectivity index is 1.48. The average Bonchev–Trinajstić information content (AvgIpc) is 3.56. The van der Waals surface area contributed by atoms with Crippen LogP contribution in [0, 0.1) is 12.8 Å². The Bertz CT molecular complexity index is 1380. The number of aryl methyl sites for hydroxylation is 1. The molecular weight excluding hydrogens is 540 g/mol. The van der Waals surface area contributed by atoms with Gasteiger partial charge in [-0.1, -0.05) is 17.4 Å². The number of nitrogens with zero attached hydrogens (tertiary/aromatic N) is 7. The molecular formula is C29H38N8O3S. The molecule has 41 heavy (non-hydrogen) atoms. The van der Waals surface area contributed by atoms with Crippen molar-refractivity contribution in [2.45, 2.75) is 53.5 Å². The Morgan fingerprint density at radius 2 is 1.95 bits per heavy atom. The summed E-state index contributed by atoms with van der Waals surface area (Å²) in [5.41, 5.74) is 2.80. The summed E-state index contributed by atoms with van der Waals surface area (Å²) in [5, 5.41) is 3.79. The molecule has 3 aromatic rings. The van der Waals surface area contributed by atoms with Crippen LogP contribution < -0.4 is 15.1 Å². The molecule has 11 nitrogen and oxygen atoms in total. The number of nitrogens with one attached hydrogen (secondary N) is 1. The van der Waals surface area contributed by atoms with E-state index in [1.54, 1.807) is 20.0 Å². The van der Waals surface area contributed by atoms with Crippen LogP contribution in [0.2, 0.25) is 0 Å². The van der Waals surface area contributed by atoms with Gasteiger partial charge in [0.1, 0.15) is 16.5 Å². The van der Waals surface area contributed by atoms with Crippen molar-refractivity contribution in [1.82, 2.24) is 24.8 Å². The van der Waals surface area contributed by atoms with Crippen LogP contribution in [-0.4, -0.2) is 76.0 Å². The van der Waals surface area contributed by atoms with E-state index >= 15 is 0 Å². The van der Waals surface area contributed by atoms with Crippen LogP contribution >= 0.6 is 11.3 Å². The SMILES string of the molecule is CCOC(=O)c1sc(Nc2nc3c(c(N4CCCC(C(=O)N(CC)CC)C4)n2)CCN3Cc2cccnc2)nc1C. The van der Waals surface area contributed by atoms with Crippen molar-refractivity contribution in [2.24, 2.45) is 5.92 Å². The summed E-state index contributed by atoms with van der Waals surface area (Å²) < 4.78 is 5.19. The van der Waals surface area contributed by atoms with Crippen LogP contribution in [0.15, 0.2) is 24.5 Å². The third-order valence-electron chi connectivity index (χ3n) is 7.61. The van der Waals surface area contributed by atoms with Crippen molar-refractivity contribution >= 4 is 45.9 Å². The predicted molar refractivity (Wildman–Crippen MR) is 160 cm³/mol. The van der Waals surface area contributed by atoms with E-state index in [2.05, 4.69) is 31.2 Å². The van der Waals surface area contributed by atoms with Crippen LogP contribution in [0.4, 0.5) is 22.7 Å². The number of carbonyl (C=O) groups excluding carboxylic acids is 2. The second-order valence-corrected chi connectivity index (χ2v) is 11.3. The summed E-state index contributed by atoms with van der Waals surface area (Å²) in [6, 6.07) is 4.01. The number of amides is 1. The Morgan fingerprint density at radius 1 is 1.15 bits per heavy atom. The second kappa shape index (κ2) is 12.8. The average molecular weight is 579 g/mol. The number of fused-ring (bicyclic) bond motifs is 1. The van der Waals surface area contributed by atoms with Gasteiger partial charge in [0.15, 0.2) is 5.13 Å². The highest BCUT2D eigenvalue weighted by Gasteiger charge is 2.33. The maximum absolute atomic E-state index is 13.3. The first-order valence-electron chi connectivity index (χ1n) is 14.4. The number of hydrogen-bond donors (Lipinski definition) is 1. The Labute approximate surface area is 245 Å². The number of ether oxygens (including phenoxy) is 1. The molecule has 218 valence electrons. The minimum Gasteiger partial charge on any atom is -0.462 e. The summed E-state index contributed by atoms with van der Waals surface area (Å²) in [7, 11) is 0. The monoisotopic (exact) mass is 578 g/mol. The molecule has 1 unspecified atom stereocenters. The molecule has 2 aliphatic rings. The molecule has 1 amide bonds. The minimum absolute atomic E-state index is 0.0627. The maximum Gasteiger partial charge on any atom is 0.350 e. The highest BCUT2D eigenvalue weighted by Crippen LogP contribution is 2.37. The molecule has 5 rings (SSSR count). The number of esters is 1. The minimum atomic E-state index is -0.383. The highest BCUT2D eigenvalue weighted by molar-refractivity contribution is 7.17. The van der Waals surface area contributed by atoms with Gasteiger partial charge in [0.05, 0.1) is 18.2 Å². The van der Waals surface area contributed by atoms with Crippen LogP contribution in [0.3, 0.4) is 0 Å². The summed E-state index contributed by atoms with van der Waals surface area (Å²) in [4.78, 5) is 51.3. The zero-order valence-electron chi connectivity index (χ0n) is 24.2. The lowest BCUT2D eigenvalue weighted by Crippen LogP contribution is -2.45. The lowest BCUT2D eigenvalue weighted by molar-refractivity contribution is -0.135. The van der Waals surface area contributed by atoms with E-state index in [9.17, 15) is 9.59 Å². The fraction of sp³-hybridized carbons (Fsp3) is 0.517. The zero-order chi connectivity index (χ0) is 28.9. The third-order valence-corrected chi connectivity index (χ3v) is 8.67. The Morgan fingerprint density at radius 3 is 2.68 bits per heavy atom. The number of rotatable bonds is 10. The molecule has 0 bridgehead atoms. The van der Waals surface area contributed by atoms with Crippen LogP contribution in [-0.2, 0) is 22.5 Å².